The highest BCUT2D eigenvalue weighted by Crippen LogP contribution is 2.37. The van der Waals surface area contributed by atoms with E-state index in [9.17, 15) is 14.4 Å². The first-order valence-electron chi connectivity index (χ1n) is 11.4. The van der Waals surface area contributed by atoms with Crippen molar-refractivity contribution < 1.29 is 43.9 Å². The van der Waals surface area contributed by atoms with Gasteiger partial charge < -0.3 is 34.3 Å². The molecule has 196 valence electrons. The second kappa shape index (κ2) is 10.2. The van der Waals surface area contributed by atoms with Gasteiger partial charge in [-0.25, -0.2) is 14.4 Å². The van der Waals surface area contributed by atoms with Gasteiger partial charge in [0, 0.05) is 23.9 Å². The molecular formula is C28H24O10. The molecule has 4 aromatic rings. The zero-order chi connectivity index (χ0) is 27.6. The molecule has 1 aliphatic rings. The predicted molar refractivity (Wildman–Crippen MR) is 135 cm³/mol. The Labute approximate surface area is 215 Å². The number of aromatic carboxylic acids is 1. The van der Waals surface area contributed by atoms with Gasteiger partial charge in [0.15, 0.2) is 17.2 Å². The molecule has 10 heteroatoms. The van der Waals surface area contributed by atoms with E-state index >= 15 is 0 Å². The minimum Gasteiger partial charge on any atom is -0.504 e. The normalized spacial score (nSPS) is 14.1. The fraction of sp³-hybridized carbons (Fsp3) is 0.179. The highest BCUT2D eigenvalue weighted by atomic mass is 16.6. The van der Waals surface area contributed by atoms with Gasteiger partial charge in [0.25, 0.3) is 0 Å². The molecule has 0 saturated carbocycles. The molecule has 0 aliphatic carbocycles. The van der Waals surface area contributed by atoms with Gasteiger partial charge in [-0.2, -0.15) is 0 Å². The maximum Gasteiger partial charge on any atom is 0.338 e. The molecule has 1 aliphatic heterocycles. The highest BCUT2D eigenvalue weighted by Gasteiger charge is 2.40. The van der Waals surface area contributed by atoms with Crippen molar-refractivity contribution in [3.8, 4) is 23.0 Å². The third-order valence-corrected chi connectivity index (χ3v) is 5.93. The predicted octanol–water partition coefficient (Wildman–Crippen LogP) is 4.23. The number of carbonyl (C=O) groups excluding carboxylic acids is 1. The zero-order valence-electron chi connectivity index (χ0n) is 20.4. The van der Waals surface area contributed by atoms with E-state index in [0.717, 1.165) is 23.1 Å². The van der Waals surface area contributed by atoms with Crippen molar-refractivity contribution >= 4 is 22.9 Å². The number of carboxylic acids is 1. The molecule has 0 saturated heterocycles. The van der Waals surface area contributed by atoms with Crippen LogP contribution >= 0.6 is 0 Å². The zero-order valence-corrected chi connectivity index (χ0v) is 20.4. The SMILES string of the molecule is CC(C)(OC(=O)c1ccccc1)C1Cc2cc3ccc(=O)oc3cc2O1.O=C(O)c1cc(O)c(O)c(O)c1. The first-order chi connectivity index (χ1) is 17.9. The van der Waals surface area contributed by atoms with Crippen LogP contribution < -0.4 is 10.4 Å². The number of esters is 1. The molecule has 0 bridgehead atoms. The van der Waals surface area contributed by atoms with Crippen LogP contribution in [0.4, 0.5) is 0 Å². The molecule has 0 spiro atoms. The second-order valence-corrected chi connectivity index (χ2v) is 9.09. The lowest BCUT2D eigenvalue weighted by Crippen LogP contribution is -2.43. The van der Waals surface area contributed by atoms with Gasteiger partial charge in [-0.05, 0) is 55.8 Å². The molecule has 10 nitrogen and oxygen atoms in total. The number of fused-ring (bicyclic) bond motifs is 2. The number of hydrogen-bond acceptors (Lipinski definition) is 9. The number of carbonyl (C=O) groups is 2. The number of rotatable bonds is 4. The number of phenols is 3. The lowest BCUT2D eigenvalue weighted by molar-refractivity contribution is -0.0517. The fourth-order valence-electron chi connectivity index (χ4n) is 3.86. The van der Waals surface area contributed by atoms with Crippen molar-refractivity contribution in [3.63, 3.8) is 0 Å². The molecule has 1 atom stereocenters. The molecule has 0 amide bonds. The van der Waals surface area contributed by atoms with E-state index in [4.69, 9.17) is 34.3 Å². The molecule has 4 N–H and O–H groups in total. The van der Waals surface area contributed by atoms with Crippen LogP contribution in [0.5, 0.6) is 23.0 Å². The lowest BCUT2D eigenvalue weighted by Gasteiger charge is -2.30. The summed E-state index contributed by atoms with van der Waals surface area (Å²) in [5, 5.41) is 35.8. The quantitative estimate of drug-likeness (QED) is 0.174. The van der Waals surface area contributed by atoms with Crippen LogP contribution in [0, 0.1) is 0 Å². The summed E-state index contributed by atoms with van der Waals surface area (Å²) >= 11 is 0. The summed E-state index contributed by atoms with van der Waals surface area (Å²) in [6, 6.07) is 17.4. The average molecular weight is 520 g/mol. The third-order valence-electron chi connectivity index (χ3n) is 5.93. The number of carboxylic acid groups (broad SMARTS) is 1. The van der Waals surface area contributed by atoms with Crippen LogP contribution in [-0.4, -0.2) is 44.1 Å². The smallest absolute Gasteiger partial charge is 0.338 e. The molecule has 3 aromatic carbocycles. The highest BCUT2D eigenvalue weighted by molar-refractivity contribution is 5.90. The second-order valence-electron chi connectivity index (χ2n) is 9.09. The summed E-state index contributed by atoms with van der Waals surface area (Å²) in [4.78, 5) is 34.1. The lowest BCUT2D eigenvalue weighted by atomic mass is 9.96. The van der Waals surface area contributed by atoms with E-state index in [0.29, 0.717) is 23.3 Å². The molecule has 0 fully saturated rings. The van der Waals surface area contributed by atoms with Crippen molar-refractivity contribution in [1.29, 1.82) is 0 Å². The Morgan fingerprint density at radius 1 is 0.921 bits per heavy atom. The van der Waals surface area contributed by atoms with Crippen LogP contribution in [0.15, 0.2) is 75.9 Å². The summed E-state index contributed by atoms with van der Waals surface area (Å²) in [5.41, 5.74) is 0.477. The molecule has 5 rings (SSSR count). The van der Waals surface area contributed by atoms with Crippen molar-refractivity contribution in [2.45, 2.75) is 32.0 Å². The van der Waals surface area contributed by atoms with Crippen molar-refractivity contribution in [1.82, 2.24) is 0 Å². The number of phenolic OH excluding ortho intramolecular Hbond substituents is 3. The van der Waals surface area contributed by atoms with Crippen LogP contribution in [0.1, 0.15) is 40.1 Å². The fourth-order valence-corrected chi connectivity index (χ4v) is 3.86. The van der Waals surface area contributed by atoms with Crippen molar-refractivity contribution in [3.05, 3.63) is 93.8 Å². The number of aromatic hydroxyl groups is 3. The maximum absolute atomic E-state index is 12.4. The Hall–Kier alpha value is -4.99. The minimum absolute atomic E-state index is 0.289. The molecule has 1 aromatic heterocycles. The molecule has 0 radical (unpaired) electrons. The van der Waals surface area contributed by atoms with E-state index in [2.05, 4.69) is 0 Å². The monoisotopic (exact) mass is 520 g/mol. The van der Waals surface area contributed by atoms with Crippen LogP contribution in [0.2, 0.25) is 0 Å². The third kappa shape index (κ3) is 5.54. The van der Waals surface area contributed by atoms with Gasteiger partial charge >= 0.3 is 17.6 Å². The molecule has 38 heavy (non-hydrogen) atoms. The van der Waals surface area contributed by atoms with Crippen LogP contribution in [0.3, 0.4) is 0 Å². The van der Waals surface area contributed by atoms with Gasteiger partial charge in [-0.15, -0.1) is 0 Å². The van der Waals surface area contributed by atoms with Crippen LogP contribution in [-0.2, 0) is 11.2 Å². The average Bonchev–Trinajstić information content (AvgIpc) is 3.30. The van der Waals surface area contributed by atoms with Gasteiger partial charge in [-0.3, -0.25) is 0 Å². The maximum atomic E-state index is 12.4. The Morgan fingerprint density at radius 2 is 1.58 bits per heavy atom. The standard InChI is InChI=1S/C21H18O5.C7H6O5/c1-21(2,26-20(23)13-6-4-3-5-7-13)18-11-15-10-14-8-9-19(22)25-16(14)12-17(15)24-18;8-4-1-3(7(11)12)2-5(9)6(4)10/h3-10,12,18H,11H2,1-2H3;1-2,8-10H,(H,11,12). The number of hydrogen-bond donors (Lipinski definition) is 4. The summed E-state index contributed by atoms with van der Waals surface area (Å²) in [6.45, 7) is 3.68. The summed E-state index contributed by atoms with van der Waals surface area (Å²) < 4.78 is 16.9. The summed E-state index contributed by atoms with van der Waals surface area (Å²) in [5.74, 6) is -3.06. The minimum atomic E-state index is -1.29. The Kier molecular flexibility index (Phi) is 6.98. The Balaban J connectivity index is 0.000000236. The van der Waals surface area contributed by atoms with Crippen LogP contribution in [0.25, 0.3) is 11.0 Å². The van der Waals surface area contributed by atoms with Crippen molar-refractivity contribution in [2.24, 2.45) is 0 Å². The Bertz CT molecular complexity index is 1550. The Morgan fingerprint density at radius 3 is 2.21 bits per heavy atom. The van der Waals surface area contributed by atoms with E-state index in [1.165, 1.54) is 6.07 Å². The van der Waals surface area contributed by atoms with Gasteiger partial charge in [0.2, 0.25) is 0 Å². The van der Waals surface area contributed by atoms with E-state index in [1.807, 2.05) is 26.0 Å². The van der Waals surface area contributed by atoms with E-state index in [1.54, 1.807) is 36.4 Å². The first-order valence-corrected chi connectivity index (χ1v) is 11.4. The molecular weight excluding hydrogens is 496 g/mol. The molecule has 2 heterocycles. The number of ether oxygens (including phenoxy) is 2. The van der Waals surface area contributed by atoms with Gasteiger partial charge in [0.1, 0.15) is 23.0 Å². The van der Waals surface area contributed by atoms with Gasteiger partial charge in [0.05, 0.1) is 11.1 Å². The summed E-state index contributed by atoms with van der Waals surface area (Å²) in [7, 11) is 0. The number of benzene rings is 3. The van der Waals surface area contributed by atoms with E-state index in [-0.39, 0.29) is 17.6 Å². The van der Waals surface area contributed by atoms with Gasteiger partial charge in [-0.1, -0.05) is 18.2 Å². The largest absolute Gasteiger partial charge is 0.504 e. The molecule has 1 unspecified atom stereocenters. The van der Waals surface area contributed by atoms with Crippen molar-refractivity contribution in [2.75, 3.05) is 0 Å². The summed E-state index contributed by atoms with van der Waals surface area (Å²) in [6.07, 6.45) is 0.285. The first kappa shape index (κ1) is 26.1. The topological polar surface area (TPSA) is 164 Å². The van der Waals surface area contributed by atoms with E-state index < -0.39 is 34.4 Å².